The Hall–Kier alpha value is -3.77. The Morgan fingerprint density at radius 1 is 1.07 bits per heavy atom. The van der Waals surface area contributed by atoms with E-state index < -0.39 is 0 Å². The van der Waals surface area contributed by atoms with E-state index >= 15 is 0 Å². The van der Waals surface area contributed by atoms with Gasteiger partial charge in [0.1, 0.15) is 39.4 Å². The fourth-order valence-corrected chi connectivity index (χ4v) is 6.83. The number of hydrogen-bond donors (Lipinski definition) is 0. The molecule has 0 bridgehead atoms. The van der Waals surface area contributed by atoms with Gasteiger partial charge in [-0.1, -0.05) is 35.6 Å². The molecule has 0 radical (unpaired) electrons. The second-order valence-electron chi connectivity index (χ2n) is 10.5. The lowest BCUT2D eigenvalue weighted by Gasteiger charge is -2.33. The lowest BCUT2D eigenvalue weighted by molar-refractivity contribution is -0.00436. The molecule has 1 atom stereocenters. The summed E-state index contributed by atoms with van der Waals surface area (Å²) in [6.07, 6.45) is 1.88. The van der Waals surface area contributed by atoms with Crippen molar-refractivity contribution in [1.82, 2.24) is 24.5 Å². The topological polar surface area (TPSA) is 87.2 Å². The largest absolute Gasteiger partial charge is 0.496 e. The molecule has 1 aliphatic rings. The van der Waals surface area contributed by atoms with Crippen LogP contribution in [0, 0.1) is 13.8 Å². The first-order valence-electron chi connectivity index (χ1n) is 13.9. The monoisotopic (exact) mass is 601 g/mol. The van der Waals surface area contributed by atoms with Crippen molar-refractivity contribution in [3.63, 3.8) is 0 Å². The number of nitrogens with zero attached hydrogens (tertiary/aromatic N) is 5. The summed E-state index contributed by atoms with van der Waals surface area (Å²) in [5.74, 6) is 1.98. The van der Waals surface area contributed by atoms with E-state index in [0.29, 0.717) is 35.5 Å². The Kier molecular flexibility index (Phi) is 7.19. The zero-order valence-corrected chi connectivity index (χ0v) is 25.6. The van der Waals surface area contributed by atoms with E-state index in [1.807, 2.05) is 31.3 Å². The van der Waals surface area contributed by atoms with E-state index in [1.165, 1.54) is 5.56 Å². The molecule has 1 fully saturated rings. The van der Waals surface area contributed by atoms with Crippen LogP contribution >= 0.6 is 22.7 Å². The standard InChI is InChI=1S/C31H31N5O4S2/c1-18-16-38-10-9-35(18)14-21-5-7-22(8-6-21)30-32-26(19(2)41-30)17-39-27-11-23(37-4)12-28-24(27)13-29(40-28)25-15-36-31(33-25)42-20(3)34-36/h5-8,11-13,15,18H,9-10,14,16-17H2,1-4H3/t18-/m0/s1. The van der Waals surface area contributed by atoms with E-state index in [1.54, 1.807) is 34.3 Å². The number of thiazole rings is 1. The van der Waals surface area contributed by atoms with E-state index in [9.17, 15) is 0 Å². The number of benzene rings is 2. The molecule has 7 rings (SSSR count). The van der Waals surface area contributed by atoms with Crippen LogP contribution in [0.15, 0.2) is 53.1 Å². The van der Waals surface area contributed by atoms with Gasteiger partial charge in [0.05, 0.1) is 37.6 Å². The molecule has 0 aliphatic carbocycles. The number of fused-ring (bicyclic) bond motifs is 2. The number of aromatic nitrogens is 4. The van der Waals surface area contributed by atoms with Crippen LogP contribution in [0.4, 0.5) is 0 Å². The van der Waals surface area contributed by atoms with Gasteiger partial charge in [-0.05, 0) is 32.4 Å². The van der Waals surface area contributed by atoms with Crippen molar-refractivity contribution in [2.75, 3.05) is 26.9 Å². The Morgan fingerprint density at radius 3 is 2.71 bits per heavy atom. The molecular formula is C31H31N5O4S2. The summed E-state index contributed by atoms with van der Waals surface area (Å²) < 4.78 is 25.4. The summed E-state index contributed by atoms with van der Waals surface area (Å²) in [5, 5.41) is 7.26. The highest BCUT2D eigenvalue weighted by atomic mass is 32.1. The van der Waals surface area contributed by atoms with Crippen LogP contribution < -0.4 is 9.47 Å². The fourth-order valence-electron chi connectivity index (χ4n) is 5.18. The molecule has 0 spiro atoms. The molecule has 42 heavy (non-hydrogen) atoms. The lowest BCUT2D eigenvalue weighted by Crippen LogP contribution is -2.42. The maximum absolute atomic E-state index is 6.35. The van der Waals surface area contributed by atoms with Crippen LogP contribution in [-0.4, -0.2) is 57.4 Å². The first-order valence-corrected chi connectivity index (χ1v) is 15.5. The number of morpholine rings is 1. The minimum atomic E-state index is 0.335. The molecule has 5 heterocycles. The van der Waals surface area contributed by atoms with Gasteiger partial charge in [0, 0.05) is 41.7 Å². The normalized spacial score (nSPS) is 16.0. The van der Waals surface area contributed by atoms with Crippen molar-refractivity contribution in [2.24, 2.45) is 0 Å². The Balaban J connectivity index is 1.09. The number of aryl methyl sites for hydroxylation is 2. The predicted molar refractivity (Wildman–Crippen MR) is 165 cm³/mol. The van der Waals surface area contributed by atoms with Gasteiger partial charge >= 0.3 is 0 Å². The number of furan rings is 1. The highest BCUT2D eigenvalue weighted by Gasteiger charge is 2.20. The quantitative estimate of drug-likeness (QED) is 0.189. The van der Waals surface area contributed by atoms with Crippen LogP contribution in [0.1, 0.15) is 28.1 Å². The molecule has 1 aliphatic heterocycles. The zero-order chi connectivity index (χ0) is 28.8. The van der Waals surface area contributed by atoms with Crippen molar-refractivity contribution in [3.05, 3.63) is 69.8 Å². The third kappa shape index (κ3) is 5.29. The Morgan fingerprint density at radius 2 is 1.93 bits per heavy atom. The molecule has 0 saturated carbocycles. The zero-order valence-electron chi connectivity index (χ0n) is 23.9. The summed E-state index contributed by atoms with van der Waals surface area (Å²) in [6.45, 7) is 10.1. The third-order valence-electron chi connectivity index (χ3n) is 7.55. The van der Waals surface area contributed by atoms with Crippen molar-refractivity contribution >= 4 is 38.6 Å². The minimum Gasteiger partial charge on any atom is -0.496 e. The van der Waals surface area contributed by atoms with Crippen molar-refractivity contribution in [1.29, 1.82) is 0 Å². The molecule has 2 aromatic carbocycles. The molecule has 0 unspecified atom stereocenters. The van der Waals surface area contributed by atoms with E-state index in [2.05, 4.69) is 53.1 Å². The number of ether oxygens (including phenoxy) is 3. The first-order chi connectivity index (χ1) is 20.4. The van der Waals surface area contributed by atoms with Gasteiger partial charge in [0.2, 0.25) is 4.96 Å². The second kappa shape index (κ2) is 11.1. The minimum absolute atomic E-state index is 0.335. The van der Waals surface area contributed by atoms with E-state index in [4.69, 9.17) is 23.6 Å². The third-order valence-corrected chi connectivity index (χ3v) is 9.45. The molecule has 4 aromatic heterocycles. The van der Waals surface area contributed by atoms with Crippen molar-refractivity contribution < 1.29 is 18.6 Å². The van der Waals surface area contributed by atoms with Crippen LogP contribution in [0.3, 0.4) is 0 Å². The van der Waals surface area contributed by atoms with Gasteiger partial charge in [-0.15, -0.1) is 11.3 Å². The summed E-state index contributed by atoms with van der Waals surface area (Å²) in [6, 6.07) is 14.9. The molecule has 1 saturated heterocycles. The summed E-state index contributed by atoms with van der Waals surface area (Å²) in [7, 11) is 1.63. The van der Waals surface area contributed by atoms with Gasteiger partial charge in [0.15, 0.2) is 5.76 Å². The Bertz CT molecular complexity index is 1840. The summed E-state index contributed by atoms with van der Waals surface area (Å²) >= 11 is 3.23. The fraction of sp³-hybridized carbons (Fsp3) is 0.323. The molecule has 0 amide bonds. The van der Waals surface area contributed by atoms with Gasteiger partial charge in [-0.3, -0.25) is 4.90 Å². The van der Waals surface area contributed by atoms with Gasteiger partial charge in [0.25, 0.3) is 0 Å². The molecule has 6 aromatic rings. The van der Waals surface area contributed by atoms with E-state index in [0.717, 1.165) is 68.5 Å². The van der Waals surface area contributed by atoms with E-state index in [-0.39, 0.29) is 0 Å². The van der Waals surface area contributed by atoms with Gasteiger partial charge in [-0.2, -0.15) is 5.10 Å². The van der Waals surface area contributed by atoms with Crippen molar-refractivity contribution in [3.8, 4) is 33.5 Å². The van der Waals surface area contributed by atoms with Crippen LogP contribution in [-0.2, 0) is 17.9 Å². The number of methoxy groups -OCH3 is 1. The molecular weight excluding hydrogens is 571 g/mol. The van der Waals surface area contributed by atoms with Gasteiger partial charge in [-0.25, -0.2) is 14.5 Å². The molecule has 216 valence electrons. The highest BCUT2D eigenvalue weighted by molar-refractivity contribution is 7.16. The molecule has 11 heteroatoms. The second-order valence-corrected chi connectivity index (χ2v) is 12.9. The summed E-state index contributed by atoms with van der Waals surface area (Å²) in [5.41, 5.74) is 4.72. The Labute approximate surface area is 251 Å². The average molecular weight is 602 g/mol. The summed E-state index contributed by atoms with van der Waals surface area (Å²) in [4.78, 5) is 14.1. The molecule has 9 nitrogen and oxygen atoms in total. The van der Waals surface area contributed by atoms with Crippen LogP contribution in [0.2, 0.25) is 0 Å². The number of imidazole rings is 1. The highest BCUT2D eigenvalue weighted by Crippen LogP contribution is 2.38. The van der Waals surface area contributed by atoms with Crippen LogP contribution in [0.25, 0.3) is 38.0 Å². The maximum Gasteiger partial charge on any atom is 0.212 e. The van der Waals surface area contributed by atoms with Gasteiger partial charge < -0.3 is 18.6 Å². The predicted octanol–water partition coefficient (Wildman–Crippen LogP) is 6.75. The first kappa shape index (κ1) is 27.1. The maximum atomic E-state index is 6.35. The number of rotatable bonds is 8. The molecule has 0 N–H and O–H groups in total. The SMILES string of the molecule is COc1cc(OCc2nc(-c3ccc(CN4CCOC[C@@H]4C)cc3)sc2C)c2cc(-c3cn4nc(C)sc4n3)oc2c1. The number of hydrogen-bond acceptors (Lipinski definition) is 10. The lowest BCUT2D eigenvalue weighted by atomic mass is 10.1. The smallest absolute Gasteiger partial charge is 0.212 e. The average Bonchev–Trinajstić information content (AvgIpc) is 3.75. The van der Waals surface area contributed by atoms with Crippen molar-refractivity contribution in [2.45, 2.75) is 40.0 Å². The van der Waals surface area contributed by atoms with Crippen LogP contribution in [0.5, 0.6) is 11.5 Å².